The van der Waals surface area contributed by atoms with Crippen molar-refractivity contribution in [1.29, 1.82) is 0 Å². The van der Waals surface area contributed by atoms with Crippen LogP contribution in [0, 0.1) is 0 Å². The maximum absolute atomic E-state index is 12.2. The van der Waals surface area contributed by atoms with Gasteiger partial charge in [0.2, 0.25) is 5.91 Å². The van der Waals surface area contributed by atoms with Gasteiger partial charge >= 0.3 is 0 Å². The lowest BCUT2D eigenvalue weighted by Crippen LogP contribution is -2.49. The third-order valence-electron chi connectivity index (χ3n) is 4.03. The Morgan fingerprint density at radius 2 is 2.43 bits per heavy atom. The molecule has 2 atom stereocenters. The van der Waals surface area contributed by atoms with Crippen molar-refractivity contribution in [1.82, 2.24) is 15.1 Å². The van der Waals surface area contributed by atoms with Crippen molar-refractivity contribution in [3.05, 3.63) is 18.3 Å². The summed E-state index contributed by atoms with van der Waals surface area (Å²) >= 11 is 0. The molecule has 1 aromatic rings. The number of nitrogens with zero attached hydrogens (tertiary/aromatic N) is 4. The molecule has 6 nitrogen and oxygen atoms in total. The van der Waals surface area contributed by atoms with E-state index in [1.165, 1.54) is 0 Å². The number of amides is 1. The molecule has 0 aromatic carbocycles. The second kappa shape index (κ2) is 7.36. The number of hydrogen-bond donors (Lipinski definition) is 1. The smallest absolute Gasteiger partial charge is 0.222 e. The summed E-state index contributed by atoms with van der Waals surface area (Å²) in [5, 5.41) is 8.08. The van der Waals surface area contributed by atoms with E-state index in [9.17, 15) is 4.79 Å². The van der Waals surface area contributed by atoms with E-state index in [1.807, 2.05) is 31.0 Å². The molecule has 1 aliphatic rings. The molecule has 2 heterocycles. The van der Waals surface area contributed by atoms with E-state index in [0.717, 1.165) is 38.2 Å². The SMILES string of the molecule is CC(N)CCC(=O)N(C)C1CCCN(c2cccnn2)C1. The molecule has 1 amide bonds. The standard InChI is InChI=1S/C15H25N5O/c1-12(16)7-8-15(21)19(2)13-5-4-10-20(11-13)14-6-3-9-17-18-14/h3,6,9,12-13H,4-5,7-8,10-11,16H2,1-2H3. The topological polar surface area (TPSA) is 75.4 Å². The molecule has 21 heavy (non-hydrogen) atoms. The fourth-order valence-corrected chi connectivity index (χ4v) is 2.67. The van der Waals surface area contributed by atoms with E-state index >= 15 is 0 Å². The third kappa shape index (κ3) is 4.39. The van der Waals surface area contributed by atoms with Crippen LogP contribution < -0.4 is 10.6 Å². The number of likely N-dealkylation sites (N-methyl/N-ethyl adjacent to an activating group) is 1. The van der Waals surface area contributed by atoms with Crippen LogP contribution in [-0.4, -0.2) is 53.2 Å². The first-order chi connectivity index (χ1) is 10.1. The van der Waals surface area contributed by atoms with Crippen LogP contribution >= 0.6 is 0 Å². The van der Waals surface area contributed by atoms with E-state index in [1.54, 1.807) is 6.20 Å². The molecule has 0 spiro atoms. The number of anilines is 1. The summed E-state index contributed by atoms with van der Waals surface area (Å²) < 4.78 is 0. The zero-order chi connectivity index (χ0) is 15.2. The number of aromatic nitrogens is 2. The van der Waals surface area contributed by atoms with Crippen molar-refractivity contribution in [2.45, 2.75) is 44.7 Å². The van der Waals surface area contributed by atoms with Crippen LogP contribution in [0.3, 0.4) is 0 Å². The predicted molar refractivity (Wildman–Crippen MR) is 82.9 cm³/mol. The number of hydrogen-bond acceptors (Lipinski definition) is 5. The summed E-state index contributed by atoms with van der Waals surface area (Å²) in [7, 11) is 1.90. The van der Waals surface area contributed by atoms with E-state index in [2.05, 4.69) is 15.1 Å². The van der Waals surface area contributed by atoms with Gasteiger partial charge in [0.05, 0.1) is 0 Å². The summed E-state index contributed by atoms with van der Waals surface area (Å²) in [6.07, 6.45) is 5.04. The Labute approximate surface area is 126 Å². The van der Waals surface area contributed by atoms with Gasteiger partial charge in [0.15, 0.2) is 5.82 Å². The van der Waals surface area contributed by atoms with Gasteiger partial charge in [0.1, 0.15) is 0 Å². The maximum atomic E-state index is 12.2. The number of carbonyl (C=O) groups excluding carboxylic acids is 1. The Hall–Kier alpha value is -1.69. The van der Waals surface area contributed by atoms with E-state index in [-0.39, 0.29) is 18.0 Å². The molecule has 2 N–H and O–H groups in total. The highest BCUT2D eigenvalue weighted by molar-refractivity contribution is 5.76. The molecule has 1 aliphatic heterocycles. The zero-order valence-electron chi connectivity index (χ0n) is 12.9. The average molecular weight is 291 g/mol. The van der Waals surface area contributed by atoms with Crippen molar-refractivity contribution in [2.75, 3.05) is 25.0 Å². The Morgan fingerprint density at radius 1 is 1.62 bits per heavy atom. The van der Waals surface area contributed by atoms with E-state index in [4.69, 9.17) is 5.73 Å². The minimum atomic E-state index is 0.0739. The molecule has 2 rings (SSSR count). The van der Waals surface area contributed by atoms with Gasteiger partial charge in [-0.1, -0.05) is 0 Å². The zero-order valence-corrected chi connectivity index (χ0v) is 12.9. The normalized spacial score (nSPS) is 20.1. The largest absolute Gasteiger partial charge is 0.353 e. The molecular weight excluding hydrogens is 266 g/mol. The first-order valence-electron chi connectivity index (χ1n) is 7.62. The molecule has 0 bridgehead atoms. The van der Waals surface area contributed by atoms with Gasteiger partial charge in [0.25, 0.3) is 0 Å². The molecule has 6 heteroatoms. The molecule has 0 aliphatic carbocycles. The lowest BCUT2D eigenvalue weighted by atomic mass is 10.0. The number of rotatable bonds is 5. The van der Waals surface area contributed by atoms with Crippen LogP contribution in [0.15, 0.2) is 18.3 Å². The van der Waals surface area contributed by atoms with E-state index in [0.29, 0.717) is 6.42 Å². The fourth-order valence-electron chi connectivity index (χ4n) is 2.67. The Kier molecular flexibility index (Phi) is 5.50. The first kappa shape index (κ1) is 15.7. The summed E-state index contributed by atoms with van der Waals surface area (Å²) in [6.45, 7) is 3.72. The quantitative estimate of drug-likeness (QED) is 0.877. The summed E-state index contributed by atoms with van der Waals surface area (Å²) in [4.78, 5) is 16.3. The summed E-state index contributed by atoms with van der Waals surface area (Å²) in [5.74, 6) is 1.07. The number of nitrogens with two attached hydrogens (primary N) is 1. The van der Waals surface area contributed by atoms with Gasteiger partial charge in [-0.15, -0.1) is 5.10 Å². The van der Waals surface area contributed by atoms with Gasteiger partial charge in [-0.2, -0.15) is 5.10 Å². The van der Waals surface area contributed by atoms with Crippen LogP contribution in [0.4, 0.5) is 5.82 Å². The van der Waals surface area contributed by atoms with Crippen LogP contribution in [0.2, 0.25) is 0 Å². The third-order valence-corrected chi connectivity index (χ3v) is 4.03. The second-order valence-electron chi connectivity index (χ2n) is 5.84. The molecule has 116 valence electrons. The van der Waals surface area contributed by atoms with Crippen LogP contribution in [0.25, 0.3) is 0 Å². The van der Waals surface area contributed by atoms with Crippen LogP contribution in [0.5, 0.6) is 0 Å². The summed E-state index contributed by atoms with van der Waals surface area (Å²) in [5.41, 5.74) is 5.72. The van der Waals surface area contributed by atoms with Crippen LogP contribution in [0.1, 0.15) is 32.6 Å². The van der Waals surface area contributed by atoms with Gasteiger partial charge in [-0.25, -0.2) is 0 Å². The molecule has 0 radical (unpaired) electrons. The van der Waals surface area contributed by atoms with Crippen molar-refractivity contribution in [2.24, 2.45) is 5.73 Å². The lowest BCUT2D eigenvalue weighted by Gasteiger charge is -2.38. The van der Waals surface area contributed by atoms with Gasteiger partial charge in [0, 0.05) is 44.8 Å². The Balaban J connectivity index is 1.92. The first-order valence-corrected chi connectivity index (χ1v) is 7.62. The second-order valence-corrected chi connectivity index (χ2v) is 5.84. The Morgan fingerprint density at radius 3 is 3.10 bits per heavy atom. The van der Waals surface area contributed by atoms with Crippen molar-refractivity contribution in [3.63, 3.8) is 0 Å². The molecule has 1 fully saturated rings. The highest BCUT2D eigenvalue weighted by Gasteiger charge is 2.26. The monoisotopic (exact) mass is 291 g/mol. The van der Waals surface area contributed by atoms with Gasteiger partial charge in [-0.05, 0) is 38.3 Å². The highest BCUT2D eigenvalue weighted by Crippen LogP contribution is 2.20. The molecule has 1 saturated heterocycles. The lowest BCUT2D eigenvalue weighted by molar-refractivity contribution is -0.132. The predicted octanol–water partition coefficient (Wildman–Crippen LogP) is 1.03. The van der Waals surface area contributed by atoms with Gasteiger partial charge in [-0.3, -0.25) is 4.79 Å². The number of piperidine rings is 1. The minimum absolute atomic E-state index is 0.0739. The number of carbonyl (C=O) groups is 1. The summed E-state index contributed by atoms with van der Waals surface area (Å²) in [6, 6.07) is 4.17. The van der Waals surface area contributed by atoms with Crippen molar-refractivity contribution in [3.8, 4) is 0 Å². The van der Waals surface area contributed by atoms with Gasteiger partial charge < -0.3 is 15.5 Å². The van der Waals surface area contributed by atoms with Crippen molar-refractivity contribution >= 4 is 11.7 Å². The highest BCUT2D eigenvalue weighted by atomic mass is 16.2. The molecule has 2 unspecified atom stereocenters. The average Bonchev–Trinajstić information content (AvgIpc) is 2.52. The van der Waals surface area contributed by atoms with Crippen LogP contribution in [-0.2, 0) is 4.79 Å². The van der Waals surface area contributed by atoms with Crippen molar-refractivity contribution < 1.29 is 4.79 Å². The minimum Gasteiger partial charge on any atom is -0.353 e. The molecular formula is C15H25N5O. The maximum Gasteiger partial charge on any atom is 0.222 e. The van der Waals surface area contributed by atoms with E-state index < -0.39 is 0 Å². The fraction of sp³-hybridized carbons (Fsp3) is 0.667. The Bertz CT molecular complexity index is 451. The molecule has 0 saturated carbocycles. The molecule has 1 aromatic heterocycles.